The first-order valence-electron chi connectivity index (χ1n) is 4.86. The number of rotatable bonds is 4. The smallest absolute Gasteiger partial charge is 0.178 e. The second-order valence-electron chi connectivity index (χ2n) is 3.38. The fourth-order valence-electron chi connectivity index (χ4n) is 1.43. The third-order valence-corrected chi connectivity index (χ3v) is 2.19. The highest BCUT2D eigenvalue weighted by atomic mass is 16.5. The second kappa shape index (κ2) is 5.02. The van der Waals surface area contributed by atoms with Gasteiger partial charge in [-0.1, -0.05) is 13.3 Å². The minimum Gasteiger partial charge on any atom is -0.501 e. The molecule has 0 bridgehead atoms. The van der Waals surface area contributed by atoms with Gasteiger partial charge in [0.05, 0.1) is 18.9 Å². The van der Waals surface area contributed by atoms with Gasteiger partial charge in [-0.25, -0.2) is 0 Å². The van der Waals surface area contributed by atoms with Crippen LogP contribution in [0, 0.1) is 0 Å². The standard InChI is InChI=1S/C10H17NO2/c1-2-4-9(11)10(12)8-5-3-6-13-7-8/h7,9H,2-6,11H2,1H3. The Morgan fingerprint density at radius 2 is 2.54 bits per heavy atom. The number of ketones is 1. The molecule has 0 amide bonds. The summed E-state index contributed by atoms with van der Waals surface area (Å²) in [6, 6.07) is -0.335. The van der Waals surface area contributed by atoms with E-state index >= 15 is 0 Å². The third kappa shape index (κ3) is 2.84. The molecule has 0 saturated heterocycles. The van der Waals surface area contributed by atoms with E-state index in [-0.39, 0.29) is 11.8 Å². The van der Waals surface area contributed by atoms with Gasteiger partial charge in [-0.3, -0.25) is 4.79 Å². The molecule has 1 unspecified atom stereocenters. The van der Waals surface area contributed by atoms with Crippen LogP contribution in [-0.2, 0) is 9.53 Å². The number of carbonyl (C=O) groups is 1. The molecule has 13 heavy (non-hydrogen) atoms. The van der Waals surface area contributed by atoms with Crippen LogP contribution in [0.1, 0.15) is 32.6 Å². The Labute approximate surface area is 78.9 Å². The van der Waals surface area contributed by atoms with Crippen molar-refractivity contribution >= 4 is 5.78 Å². The maximum absolute atomic E-state index is 11.6. The average molecular weight is 183 g/mol. The summed E-state index contributed by atoms with van der Waals surface area (Å²) in [6.45, 7) is 2.75. The molecule has 0 aromatic rings. The number of ether oxygens (including phenoxy) is 1. The van der Waals surface area contributed by atoms with E-state index in [0.29, 0.717) is 0 Å². The van der Waals surface area contributed by atoms with Crippen LogP contribution < -0.4 is 5.73 Å². The Balaban J connectivity index is 2.50. The maximum Gasteiger partial charge on any atom is 0.178 e. The van der Waals surface area contributed by atoms with Gasteiger partial charge in [-0.15, -0.1) is 0 Å². The van der Waals surface area contributed by atoms with E-state index in [9.17, 15) is 4.79 Å². The van der Waals surface area contributed by atoms with Gasteiger partial charge in [0.25, 0.3) is 0 Å². The van der Waals surface area contributed by atoms with Crippen LogP contribution >= 0.6 is 0 Å². The normalized spacial score (nSPS) is 18.8. The van der Waals surface area contributed by atoms with Gasteiger partial charge in [0.1, 0.15) is 0 Å². The van der Waals surface area contributed by atoms with Gasteiger partial charge in [0.15, 0.2) is 5.78 Å². The first-order chi connectivity index (χ1) is 6.25. The molecular formula is C10H17NO2. The van der Waals surface area contributed by atoms with E-state index in [1.807, 2.05) is 6.92 Å². The van der Waals surface area contributed by atoms with Gasteiger partial charge in [-0.2, -0.15) is 0 Å². The maximum atomic E-state index is 11.6. The number of hydrogen-bond acceptors (Lipinski definition) is 3. The lowest BCUT2D eigenvalue weighted by Gasteiger charge is -2.15. The fourth-order valence-corrected chi connectivity index (χ4v) is 1.43. The van der Waals surface area contributed by atoms with Gasteiger partial charge >= 0.3 is 0 Å². The number of nitrogens with two attached hydrogens (primary N) is 1. The van der Waals surface area contributed by atoms with Crippen molar-refractivity contribution in [3.8, 4) is 0 Å². The highest BCUT2D eigenvalue weighted by Gasteiger charge is 2.19. The van der Waals surface area contributed by atoms with Crippen LogP contribution in [0.5, 0.6) is 0 Å². The number of carbonyl (C=O) groups excluding carboxylic acids is 1. The summed E-state index contributed by atoms with van der Waals surface area (Å²) in [6.07, 6.45) is 5.02. The van der Waals surface area contributed by atoms with Crippen molar-refractivity contribution < 1.29 is 9.53 Å². The summed E-state index contributed by atoms with van der Waals surface area (Å²) >= 11 is 0. The fraction of sp³-hybridized carbons (Fsp3) is 0.700. The lowest BCUT2D eigenvalue weighted by atomic mass is 9.98. The number of Topliss-reactive ketones (excluding diaryl/α,β-unsaturated/α-hetero) is 1. The monoisotopic (exact) mass is 183 g/mol. The molecule has 1 aliphatic heterocycles. The minimum atomic E-state index is -0.335. The molecule has 74 valence electrons. The summed E-state index contributed by atoms with van der Waals surface area (Å²) in [5, 5.41) is 0. The lowest BCUT2D eigenvalue weighted by molar-refractivity contribution is -0.117. The molecule has 3 heteroatoms. The summed E-state index contributed by atoms with van der Waals surface area (Å²) in [5.74, 6) is 0.0570. The Kier molecular flexibility index (Phi) is 3.96. The van der Waals surface area contributed by atoms with Crippen molar-refractivity contribution in [1.82, 2.24) is 0 Å². The van der Waals surface area contributed by atoms with Crippen molar-refractivity contribution in [1.29, 1.82) is 0 Å². The first-order valence-corrected chi connectivity index (χ1v) is 4.86. The second-order valence-corrected chi connectivity index (χ2v) is 3.38. The molecule has 2 N–H and O–H groups in total. The Morgan fingerprint density at radius 1 is 1.77 bits per heavy atom. The van der Waals surface area contributed by atoms with Crippen molar-refractivity contribution in [2.75, 3.05) is 6.61 Å². The van der Waals surface area contributed by atoms with Crippen LogP contribution in [0.2, 0.25) is 0 Å². The molecule has 0 aliphatic carbocycles. The van der Waals surface area contributed by atoms with Crippen molar-refractivity contribution in [3.63, 3.8) is 0 Å². The zero-order valence-corrected chi connectivity index (χ0v) is 8.08. The van der Waals surface area contributed by atoms with Gasteiger partial charge < -0.3 is 10.5 Å². The molecule has 0 saturated carbocycles. The summed E-state index contributed by atoms with van der Waals surface area (Å²) in [7, 11) is 0. The topological polar surface area (TPSA) is 52.3 Å². The van der Waals surface area contributed by atoms with E-state index in [2.05, 4.69) is 0 Å². The summed E-state index contributed by atoms with van der Waals surface area (Å²) in [4.78, 5) is 11.6. The largest absolute Gasteiger partial charge is 0.501 e. The quantitative estimate of drug-likeness (QED) is 0.716. The molecule has 1 atom stereocenters. The molecule has 0 spiro atoms. The molecular weight excluding hydrogens is 166 g/mol. The van der Waals surface area contributed by atoms with Crippen LogP contribution in [0.15, 0.2) is 11.8 Å². The molecule has 0 radical (unpaired) electrons. The molecule has 1 heterocycles. The van der Waals surface area contributed by atoms with E-state index in [4.69, 9.17) is 10.5 Å². The van der Waals surface area contributed by atoms with Gasteiger partial charge in [0, 0.05) is 5.57 Å². The van der Waals surface area contributed by atoms with E-state index in [1.54, 1.807) is 6.26 Å². The summed E-state index contributed by atoms with van der Waals surface area (Å²) < 4.78 is 5.09. The van der Waals surface area contributed by atoms with Gasteiger partial charge in [0.2, 0.25) is 0 Å². The molecule has 0 fully saturated rings. The SMILES string of the molecule is CCCC(N)C(=O)C1=COCCC1. The molecule has 1 rings (SSSR count). The average Bonchev–Trinajstić information content (AvgIpc) is 2.18. The molecule has 1 aliphatic rings. The lowest BCUT2D eigenvalue weighted by Crippen LogP contribution is -2.32. The number of hydrogen-bond donors (Lipinski definition) is 1. The Hall–Kier alpha value is -0.830. The molecule has 0 aromatic heterocycles. The molecule has 3 nitrogen and oxygen atoms in total. The van der Waals surface area contributed by atoms with E-state index < -0.39 is 0 Å². The predicted molar refractivity (Wildman–Crippen MR) is 51.2 cm³/mol. The van der Waals surface area contributed by atoms with Crippen LogP contribution in [0.3, 0.4) is 0 Å². The van der Waals surface area contributed by atoms with Crippen LogP contribution in [0.25, 0.3) is 0 Å². The Bertz CT molecular complexity index is 211. The summed E-state index contributed by atoms with van der Waals surface area (Å²) in [5.41, 5.74) is 6.47. The zero-order valence-electron chi connectivity index (χ0n) is 8.08. The highest BCUT2D eigenvalue weighted by Crippen LogP contribution is 2.14. The van der Waals surface area contributed by atoms with Gasteiger partial charge in [-0.05, 0) is 19.3 Å². The van der Waals surface area contributed by atoms with Crippen LogP contribution in [-0.4, -0.2) is 18.4 Å². The van der Waals surface area contributed by atoms with Crippen LogP contribution in [0.4, 0.5) is 0 Å². The highest BCUT2D eigenvalue weighted by molar-refractivity contribution is 5.99. The third-order valence-electron chi connectivity index (χ3n) is 2.19. The van der Waals surface area contributed by atoms with Crippen molar-refractivity contribution in [3.05, 3.63) is 11.8 Å². The Morgan fingerprint density at radius 3 is 3.08 bits per heavy atom. The first kappa shape index (κ1) is 10.3. The van der Waals surface area contributed by atoms with Crippen molar-refractivity contribution in [2.45, 2.75) is 38.6 Å². The van der Waals surface area contributed by atoms with E-state index in [0.717, 1.165) is 37.9 Å². The minimum absolute atomic E-state index is 0.0570. The zero-order chi connectivity index (χ0) is 9.68. The molecule has 0 aromatic carbocycles. The van der Waals surface area contributed by atoms with E-state index in [1.165, 1.54) is 0 Å². The van der Waals surface area contributed by atoms with Crippen molar-refractivity contribution in [2.24, 2.45) is 5.73 Å². The predicted octanol–water partition coefficient (Wildman–Crippen LogP) is 1.38.